The van der Waals surface area contributed by atoms with Crippen LogP contribution in [0, 0.1) is 11.3 Å². The van der Waals surface area contributed by atoms with Crippen molar-refractivity contribution in [1.82, 2.24) is 26.1 Å². The van der Waals surface area contributed by atoms with E-state index in [-0.39, 0.29) is 30.0 Å². The van der Waals surface area contributed by atoms with E-state index in [0.717, 1.165) is 36.6 Å². The molecule has 4 rings (SSSR count). The zero-order valence-electron chi connectivity index (χ0n) is 28.3. The Bertz CT molecular complexity index is 1540. The average molecular weight is 659 g/mol. The highest BCUT2D eigenvalue weighted by molar-refractivity contribution is 5.99. The number of para-hydroxylation sites is 1. The zero-order chi connectivity index (χ0) is 34.7. The molecule has 0 bridgehead atoms. The SMILES string of the molecule is CC(C)(C)CC(=O)NN(CC1CCCCC1)CC(O)C(Cc1ccccc1)NC(=O)[C@H](CC(N)=O)NC(=O)c1ccc2ccccc2n1. The summed E-state index contributed by atoms with van der Waals surface area (Å²) in [6.45, 7) is 6.64. The van der Waals surface area contributed by atoms with Crippen molar-refractivity contribution >= 4 is 34.5 Å². The number of nitrogens with two attached hydrogens (primary N) is 1. The predicted octanol–water partition coefficient (Wildman–Crippen LogP) is 3.65. The molecule has 1 fully saturated rings. The topological polar surface area (TPSA) is 167 Å². The standard InChI is InChI=1S/C37H50N6O5/c1-37(2,3)22-34(46)42-43(23-26-14-8-5-9-15-26)24-32(44)30(20-25-12-6-4-7-13-25)40-36(48)31(21-33(38)45)41-35(47)29-19-18-27-16-10-11-17-28(27)39-29/h4,6-7,10-13,16-19,26,30-32,44H,5,8-9,14-15,20-24H2,1-3H3,(H2,38,45)(H,40,48)(H,41,47)(H,42,46)/t30?,31-,32?/m0/s1. The van der Waals surface area contributed by atoms with Gasteiger partial charge in [0.15, 0.2) is 0 Å². The molecule has 0 aliphatic heterocycles. The fourth-order valence-corrected chi connectivity index (χ4v) is 6.17. The van der Waals surface area contributed by atoms with E-state index in [1.54, 1.807) is 23.2 Å². The summed E-state index contributed by atoms with van der Waals surface area (Å²) in [5.74, 6) is -1.84. The maximum absolute atomic E-state index is 13.8. The lowest BCUT2D eigenvalue weighted by Gasteiger charge is -2.34. The summed E-state index contributed by atoms with van der Waals surface area (Å²) in [5, 5.41) is 19.8. The Kier molecular flexibility index (Phi) is 13.0. The molecule has 2 aromatic carbocycles. The zero-order valence-corrected chi connectivity index (χ0v) is 28.3. The number of hydrogen-bond donors (Lipinski definition) is 5. The second-order valence-corrected chi connectivity index (χ2v) is 14.1. The molecule has 1 heterocycles. The number of primary amides is 1. The predicted molar refractivity (Wildman–Crippen MR) is 185 cm³/mol. The number of nitrogens with one attached hydrogen (secondary N) is 3. The number of aliphatic hydroxyl groups is 1. The van der Waals surface area contributed by atoms with Crippen LogP contribution in [0.3, 0.4) is 0 Å². The summed E-state index contributed by atoms with van der Waals surface area (Å²) in [5.41, 5.74) is 9.87. The molecule has 258 valence electrons. The van der Waals surface area contributed by atoms with Crippen LogP contribution in [0.5, 0.6) is 0 Å². The van der Waals surface area contributed by atoms with Gasteiger partial charge in [-0.25, -0.2) is 9.99 Å². The molecule has 6 N–H and O–H groups in total. The molecule has 1 aliphatic rings. The number of fused-ring (bicyclic) bond motifs is 1. The second kappa shape index (κ2) is 17.2. The quantitative estimate of drug-likeness (QED) is 0.156. The molecule has 0 saturated heterocycles. The van der Waals surface area contributed by atoms with E-state index in [1.165, 1.54) is 6.42 Å². The third-order valence-electron chi connectivity index (χ3n) is 8.53. The molecule has 0 spiro atoms. The number of aromatic nitrogens is 1. The normalized spacial score (nSPS) is 15.8. The molecule has 4 amide bonds. The van der Waals surface area contributed by atoms with Crippen molar-refractivity contribution in [2.45, 2.75) is 90.3 Å². The summed E-state index contributed by atoms with van der Waals surface area (Å²) >= 11 is 0. The first-order valence-corrected chi connectivity index (χ1v) is 16.9. The smallest absolute Gasteiger partial charge is 0.270 e. The molecular weight excluding hydrogens is 608 g/mol. The van der Waals surface area contributed by atoms with Crippen LogP contribution >= 0.6 is 0 Å². The van der Waals surface area contributed by atoms with Gasteiger partial charge >= 0.3 is 0 Å². The highest BCUT2D eigenvalue weighted by atomic mass is 16.3. The monoisotopic (exact) mass is 658 g/mol. The molecule has 2 unspecified atom stereocenters. The number of amides is 4. The van der Waals surface area contributed by atoms with Gasteiger partial charge in [-0.15, -0.1) is 0 Å². The molecule has 1 aliphatic carbocycles. The van der Waals surface area contributed by atoms with Gasteiger partial charge in [-0.05, 0) is 48.3 Å². The van der Waals surface area contributed by atoms with Crippen molar-refractivity contribution < 1.29 is 24.3 Å². The minimum Gasteiger partial charge on any atom is -0.390 e. The van der Waals surface area contributed by atoms with Crippen LogP contribution in [0.25, 0.3) is 10.9 Å². The van der Waals surface area contributed by atoms with E-state index in [2.05, 4.69) is 21.0 Å². The van der Waals surface area contributed by atoms with Gasteiger partial charge in [0.2, 0.25) is 17.7 Å². The number of hydrazine groups is 1. The molecule has 48 heavy (non-hydrogen) atoms. The van der Waals surface area contributed by atoms with Crippen molar-refractivity contribution in [3.8, 4) is 0 Å². The number of carbonyl (C=O) groups is 4. The number of carbonyl (C=O) groups excluding carboxylic acids is 4. The van der Waals surface area contributed by atoms with Gasteiger partial charge in [-0.1, -0.05) is 94.6 Å². The van der Waals surface area contributed by atoms with E-state index >= 15 is 0 Å². The van der Waals surface area contributed by atoms with Crippen LogP contribution in [0.4, 0.5) is 0 Å². The molecule has 11 heteroatoms. The van der Waals surface area contributed by atoms with Gasteiger partial charge in [-0.2, -0.15) is 0 Å². The van der Waals surface area contributed by atoms with Gasteiger partial charge in [-0.3, -0.25) is 24.6 Å². The summed E-state index contributed by atoms with van der Waals surface area (Å²) < 4.78 is 0. The fraction of sp³-hybridized carbons (Fsp3) is 0.486. The fourth-order valence-electron chi connectivity index (χ4n) is 6.17. The minimum absolute atomic E-state index is 0.0675. The van der Waals surface area contributed by atoms with Gasteiger partial charge in [0.1, 0.15) is 11.7 Å². The molecule has 11 nitrogen and oxygen atoms in total. The number of benzene rings is 2. The number of rotatable bonds is 15. The third-order valence-corrected chi connectivity index (χ3v) is 8.53. The maximum atomic E-state index is 13.8. The van der Waals surface area contributed by atoms with Gasteiger partial charge in [0.25, 0.3) is 5.91 Å². The Labute approximate surface area is 283 Å². The van der Waals surface area contributed by atoms with Gasteiger partial charge in [0, 0.05) is 24.9 Å². The Balaban J connectivity index is 1.53. The van der Waals surface area contributed by atoms with Crippen LogP contribution in [0.1, 0.15) is 81.8 Å². The number of aliphatic hydroxyl groups excluding tert-OH is 1. The molecule has 0 radical (unpaired) electrons. The lowest BCUT2D eigenvalue weighted by atomic mass is 9.89. The molecule has 3 atom stereocenters. The van der Waals surface area contributed by atoms with Crippen molar-refractivity contribution in [2.24, 2.45) is 17.1 Å². The first-order valence-electron chi connectivity index (χ1n) is 16.9. The van der Waals surface area contributed by atoms with Crippen molar-refractivity contribution in [2.75, 3.05) is 13.1 Å². The lowest BCUT2D eigenvalue weighted by Crippen LogP contribution is -2.57. The largest absolute Gasteiger partial charge is 0.390 e. The van der Waals surface area contributed by atoms with E-state index in [0.29, 0.717) is 24.4 Å². The van der Waals surface area contributed by atoms with Gasteiger partial charge < -0.3 is 21.5 Å². The highest BCUT2D eigenvalue weighted by Gasteiger charge is 2.31. The van der Waals surface area contributed by atoms with E-state index < -0.39 is 42.3 Å². The van der Waals surface area contributed by atoms with Crippen LogP contribution < -0.4 is 21.8 Å². The molecule has 1 aromatic heterocycles. The van der Waals surface area contributed by atoms with E-state index in [1.807, 2.05) is 69.3 Å². The first-order chi connectivity index (χ1) is 22.9. The lowest BCUT2D eigenvalue weighted by molar-refractivity contribution is -0.130. The number of nitrogens with zero attached hydrogens (tertiary/aromatic N) is 2. The van der Waals surface area contributed by atoms with Crippen LogP contribution in [-0.4, -0.2) is 70.0 Å². The minimum atomic E-state index is -1.31. The second-order valence-electron chi connectivity index (χ2n) is 14.1. The van der Waals surface area contributed by atoms with Crippen LogP contribution in [-0.2, 0) is 20.8 Å². The summed E-state index contributed by atoms with van der Waals surface area (Å²) in [6, 6.07) is 17.9. The Morgan fingerprint density at radius 3 is 2.31 bits per heavy atom. The van der Waals surface area contributed by atoms with E-state index in [4.69, 9.17) is 5.73 Å². The number of pyridine rings is 1. The Morgan fingerprint density at radius 2 is 1.62 bits per heavy atom. The maximum Gasteiger partial charge on any atom is 0.270 e. The third kappa shape index (κ3) is 11.7. The van der Waals surface area contributed by atoms with Crippen LogP contribution in [0.15, 0.2) is 66.7 Å². The van der Waals surface area contributed by atoms with Crippen LogP contribution in [0.2, 0.25) is 0 Å². The summed E-state index contributed by atoms with van der Waals surface area (Å²) in [6.07, 6.45) is 4.57. The molecular formula is C37H50N6O5. The van der Waals surface area contributed by atoms with Gasteiger partial charge in [0.05, 0.1) is 24.1 Å². The first kappa shape index (κ1) is 36.5. The molecule has 3 aromatic rings. The van der Waals surface area contributed by atoms with Crippen molar-refractivity contribution in [1.29, 1.82) is 0 Å². The number of hydrogen-bond acceptors (Lipinski definition) is 7. The average Bonchev–Trinajstić information content (AvgIpc) is 3.03. The highest BCUT2D eigenvalue weighted by Crippen LogP contribution is 2.25. The summed E-state index contributed by atoms with van der Waals surface area (Å²) in [4.78, 5) is 56.4. The van der Waals surface area contributed by atoms with Crippen molar-refractivity contribution in [3.63, 3.8) is 0 Å². The Hall–Kier alpha value is -4.35. The summed E-state index contributed by atoms with van der Waals surface area (Å²) in [7, 11) is 0. The Morgan fingerprint density at radius 1 is 0.938 bits per heavy atom. The van der Waals surface area contributed by atoms with Crippen molar-refractivity contribution in [3.05, 3.63) is 78.0 Å². The molecule has 1 saturated carbocycles. The van der Waals surface area contributed by atoms with E-state index in [9.17, 15) is 24.3 Å².